The van der Waals surface area contributed by atoms with Crippen LogP contribution >= 0.6 is 0 Å². The highest BCUT2D eigenvalue weighted by Crippen LogP contribution is 2.32. The van der Waals surface area contributed by atoms with Gasteiger partial charge in [-0.25, -0.2) is 15.0 Å². The molecule has 0 saturated carbocycles. The third-order valence-electron chi connectivity index (χ3n) is 4.99. The highest BCUT2D eigenvalue weighted by molar-refractivity contribution is 5.94. The van der Waals surface area contributed by atoms with Crippen LogP contribution in [0.2, 0.25) is 0 Å². The minimum absolute atomic E-state index is 0.0507. The minimum Gasteiger partial charge on any atom is -0.438 e. The maximum absolute atomic E-state index is 12.9. The zero-order valence-corrected chi connectivity index (χ0v) is 18.0. The van der Waals surface area contributed by atoms with Gasteiger partial charge in [0.15, 0.2) is 0 Å². The summed E-state index contributed by atoms with van der Waals surface area (Å²) in [6.45, 7) is 1.78. The van der Waals surface area contributed by atoms with E-state index in [1.54, 1.807) is 42.7 Å². The van der Waals surface area contributed by atoms with Crippen molar-refractivity contribution in [2.75, 3.05) is 0 Å². The number of ether oxygens (including phenoxy) is 1. The van der Waals surface area contributed by atoms with Crippen LogP contribution in [0, 0.1) is 6.92 Å². The maximum Gasteiger partial charge on any atom is 0.416 e. The molecule has 0 spiro atoms. The van der Waals surface area contributed by atoms with E-state index in [4.69, 9.17) is 4.74 Å². The quantitative estimate of drug-likeness (QED) is 0.403. The third-order valence-corrected chi connectivity index (χ3v) is 4.99. The lowest BCUT2D eigenvalue weighted by Crippen LogP contribution is -2.23. The molecule has 4 rings (SSSR count). The summed E-state index contributed by atoms with van der Waals surface area (Å²) in [5, 5.41) is 2.65. The van der Waals surface area contributed by atoms with Gasteiger partial charge in [0.1, 0.15) is 12.1 Å². The molecule has 0 radical (unpaired) electrons. The number of halogens is 3. The van der Waals surface area contributed by atoms with Crippen molar-refractivity contribution < 1.29 is 22.7 Å². The molecule has 0 saturated heterocycles. The lowest BCUT2D eigenvalue weighted by atomic mass is 10.1. The zero-order chi connectivity index (χ0) is 24.1. The van der Waals surface area contributed by atoms with E-state index in [0.717, 1.165) is 17.7 Å². The Bertz CT molecular complexity index is 1310. The van der Waals surface area contributed by atoms with Crippen molar-refractivity contribution in [1.82, 2.24) is 20.3 Å². The number of hydrogen-bond donors (Lipinski definition) is 1. The molecule has 0 bridgehead atoms. The molecule has 0 atom stereocenters. The van der Waals surface area contributed by atoms with Gasteiger partial charge in [0.2, 0.25) is 5.88 Å². The smallest absolute Gasteiger partial charge is 0.416 e. The molecule has 0 unspecified atom stereocenters. The first-order valence-electron chi connectivity index (χ1n) is 10.3. The van der Waals surface area contributed by atoms with E-state index >= 15 is 0 Å². The van der Waals surface area contributed by atoms with Crippen molar-refractivity contribution in [3.63, 3.8) is 0 Å². The second kappa shape index (κ2) is 9.70. The molecule has 9 heteroatoms. The van der Waals surface area contributed by atoms with Gasteiger partial charge in [0.25, 0.3) is 5.91 Å². The summed E-state index contributed by atoms with van der Waals surface area (Å²) < 4.78 is 44.8. The van der Waals surface area contributed by atoms with Crippen molar-refractivity contribution in [2.45, 2.75) is 19.6 Å². The summed E-state index contributed by atoms with van der Waals surface area (Å²) in [6.07, 6.45) is 0.173. The van der Waals surface area contributed by atoms with Gasteiger partial charge in [0.05, 0.1) is 16.8 Å². The largest absolute Gasteiger partial charge is 0.438 e. The molecule has 2 aromatic heterocycles. The fourth-order valence-corrected chi connectivity index (χ4v) is 3.21. The highest BCUT2D eigenvalue weighted by Gasteiger charge is 2.30. The first-order valence-corrected chi connectivity index (χ1v) is 10.3. The summed E-state index contributed by atoms with van der Waals surface area (Å²) >= 11 is 0. The van der Waals surface area contributed by atoms with Crippen LogP contribution in [-0.4, -0.2) is 20.9 Å². The first-order chi connectivity index (χ1) is 16.3. The van der Waals surface area contributed by atoms with Crippen LogP contribution in [0.5, 0.6) is 11.6 Å². The van der Waals surface area contributed by atoms with Gasteiger partial charge in [-0.3, -0.25) is 4.79 Å². The number of pyridine rings is 1. The summed E-state index contributed by atoms with van der Waals surface area (Å²) in [5.41, 5.74) is 1.94. The molecule has 172 valence electrons. The number of amides is 1. The summed E-state index contributed by atoms with van der Waals surface area (Å²) in [6, 6.07) is 15.0. The monoisotopic (exact) mass is 464 g/mol. The number of rotatable bonds is 6. The van der Waals surface area contributed by atoms with Gasteiger partial charge in [-0.15, -0.1) is 0 Å². The van der Waals surface area contributed by atoms with E-state index in [9.17, 15) is 18.0 Å². The van der Waals surface area contributed by atoms with Crippen LogP contribution in [-0.2, 0) is 12.7 Å². The van der Waals surface area contributed by atoms with E-state index in [2.05, 4.69) is 20.3 Å². The number of benzene rings is 2. The number of nitrogens with zero attached hydrogens (tertiary/aromatic N) is 3. The number of aromatic nitrogens is 3. The van der Waals surface area contributed by atoms with Crippen LogP contribution in [0.1, 0.15) is 27.0 Å². The number of hydrogen-bond acceptors (Lipinski definition) is 5. The second-order valence-electron chi connectivity index (χ2n) is 7.41. The Hall–Kier alpha value is -4.27. The van der Waals surface area contributed by atoms with Crippen LogP contribution < -0.4 is 10.1 Å². The molecule has 6 nitrogen and oxygen atoms in total. The molecule has 1 N–H and O–H groups in total. The average Bonchev–Trinajstić information content (AvgIpc) is 2.84. The lowest BCUT2D eigenvalue weighted by molar-refractivity contribution is -0.137. The molecule has 4 aromatic rings. The molecular weight excluding hydrogens is 445 g/mol. The SMILES string of the molecule is Cc1ccc(C(=O)NCc2cccc(C(F)(F)F)c2)cc1Oc1ncccc1-c1ccncn1. The van der Waals surface area contributed by atoms with E-state index in [1.165, 1.54) is 18.5 Å². The topological polar surface area (TPSA) is 77.0 Å². The van der Waals surface area contributed by atoms with Gasteiger partial charge >= 0.3 is 6.18 Å². The van der Waals surface area contributed by atoms with Gasteiger partial charge in [-0.1, -0.05) is 18.2 Å². The summed E-state index contributed by atoms with van der Waals surface area (Å²) in [4.78, 5) is 25.1. The molecule has 0 aliphatic heterocycles. The van der Waals surface area contributed by atoms with Crippen LogP contribution in [0.15, 0.2) is 79.4 Å². The Labute approximate surface area is 193 Å². The highest BCUT2D eigenvalue weighted by atomic mass is 19.4. The fraction of sp³-hybridized carbons (Fsp3) is 0.120. The average molecular weight is 464 g/mol. The Morgan fingerprint density at radius 2 is 1.85 bits per heavy atom. The van der Waals surface area contributed by atoms with Crippen molar-refractivity contribution in [3.8, 4) is 22.9 Å². The van der Waals surface area contributed by atoms with E-state index in [0.29, 0.717) is 34.0 Å². The summed E-state index contributed by atoms with van der Waals surface area (Å²) in [7, 11) is 0. The van der Waals surface area contributed by atoms with Gasteiger partial charge in [-0.2, -0.15) is 13.2 Å². The van der Waals surface area contributed by atoms with Crippen molar-refractivity contribution in [1.29, 1.82) is 0 Å². The second-order valence-corrected chi connectivity index (χ2v) is 7.41. The summed E-state index contributed by atoms with van der Waals surface area (Å²) in [5.74, 6) is 0.283. The van der Waals surface area contributed by atoms with Crippen LogP contribution in [0.3, 0.4) is 0 Å². The van der Waals surface area contributed by atoms with Gasteiger partial charge < -0.3 is 10.1 Å². The minimum atomic E-state index is -4.45. The molecule has 2 aromatic carbocycles. The molecule has 1 amide bonds. The Balaban J connectivity index is 1.52. The zero-order valence-electron chi connectivity index (χ0n) is 18.0. The van der Waals surface area contributed by atoms with E-state index < -0.39 is 17.6 Å². The molecule has 2 heterocycles. The molecule has 34 heavy (non-hydrogen) atoms. The predicted molar refractivity (Wildman–Crippen MR) is 119 cm³/mol. The Morgan fingerprint density at radius 1 is 1.00 bits per heavy atom. The van der Waals surface area contributed by atoms with Crippen molar-refractivity contribution in [2.24, 2.45) is 0 Å². The molecule has 0 aliphatic rings. The number of carbonyl (C=O) groups excluding carboxylic acids is 1. The Kier molecular flexibility index (Phi) is 6.53. The first kappa shape index (κ1) is 22.9. The van der Waals surface area contributed by atoms with Gasteiger partial charge in [0, 0.05) is 24.5 Å². The maximum atomic E-state index is 12.9. The number of carbonyl (C=O) groups is 1. The Morgan fingerprint density at radius 3 is 2.62 bits per heavy atom. The number of aryl methyl sites for hydroxylation is 1. The van der Waals surface area contributed by atoms with Crippen LogP contribution in [0.25, 0.3) is 11.3 Å². The normalized spacial score (nSPS) is 11.2. The standard InChI is InChI=1S/C25H19F3N4O2/c1-16-7-8-18(23(33)31-14-17-4-2-5-19(12-17)25(26,27)28)13-22(16)34-24-20(6-3-10-30-24)21-9-11-29-15-32-21/h2-13,15H,14H2,1H3,(H,31,33). The number of alkyl halides is 3. The predicted octanol–water partition coefficient (Wildman–Crippen LogP) is 5.59. The fourth-order valence-electron chi connectivity index (χ4n) is 3.21. The van der Waals surface area contributed by atoms with Crippen LogP contribution in [0.4, 0.5) is 13.2 Å². The molecule has 0 fully saturated rings. The van der Waals surface area contributed by atoms with Gasteiger partial charge in [-0.05, 0) is 60.5 Å². The van der Waals surface area contributed by atoms with Crippen molar-refractivity contribution >= 4 is 5.91 Å². The number of nitrogens with one attached hydrogen (secondary N) is 1. The molecular formula is C25H19F3N4O2. The lowest BCUT2D eigenvalue weighted by Gasteiger charge is -2.13. The third kappa shape index (κ3) is 5.37. The van der Waals surface area contributed by atoms with E-state index in [-0.39, 0.29) is 6.54 Å². The van der Waals surface area contributed by atoms with E-state index in [1.807, 2.05) is 13.0 Å². The molecule has 0 aliphatic carbocycles. The van der Waals surface area contributed by atoms with Crippen molar-refractivity contribution in [3.05, 3.63) is 102 Å².